The van der Waals surface area contributed by atoms with Gasteiger partial charge in [0.05, 0.1) is 15.8 Å². The summed E-state index contributed by atoms with van der Waals surface area (Å²) in [6, 6.07) is 9.32. The van der Waals surface area contributed by atoms with Gasteiger partial charge in [0.2, 0.25) is 11.2 Å². The van der Waals surface area contributed by atoms with Gasteiger partial charge in [0.1, 0.15) is 17.1 Å². The van der Waals surface area contributed by atoms with Crippen molar-refractivity contribution >= 4 is 28.5 Å². The zero-order valence-electron chi connectivity index (χ0n) is 16.1. The predicted molar refractivity (Wildman–Crippen MR) is 104 cm³/mol. The molecule has 0 spiro atoms. The molecule has 1 aromatic heterocycles. The normalized spacial score (nSPS) is 12.1. The van der Waals surface area contributed by atoms with E-state index < -0.39 is 40.1 Å². The third-order valence-electron chi connectivity index (χ3n) is 3.95. The van der Waals surface area contributed by atoms with Crippen molar-refractivity contribution < 1.29 is 31.9 Å². The van der Waals surface area contributed by atoms with E-state index in [4.69, 9.17) is 25.5 Å². The number of carbonyl (C=O) groups excluding carboxylic acids is 1. The Morgan fingerprint density at radius 3 is 2.33 bits per heavy atom. The van der Waals surface area contributed by atoms with Crippen LogP contribution in [0.3, 0.4) is 0 Å². The Morgan fingerprint density at radius 1 is 1.07 bits per heavy atom. The Morgan fingerprint density at radius 2 is 1.73 bits per heavy atom. The molecule has 1 heterocycles. The second-order valence-corrected chi connectivity index (χ2v) is 7.82. The number of carbonyl (C=O) groups is 1. The van der Waals surface area contributed by atoms with E-state index in [1.54, 1.807) is 26.8 Å². The summed E-state index contributed by atoms with van der Waals surface area (Å²) >= 11 is 5.93. The fourth-order valence-corrected chi connectivity index (χ4v) is 2.57. The molecule has 5 nitrogen and oxygen atoms in total. The molecule has 0 aliphatic carbocycles. The maximum atomic E-state index is 13.6. The van der Waals surface area contributed by atoms with Crippen LogP contribution in [-0.4, -0.2) is 5.97 Å². The average molecular weight is 441 g/mol. The Hall–Kier alpha value is -3.00. The number of esters is 1. The van der Waals surface area contributed by atoms with E-state index >= 15 is 0 Å². The largest absolute Gasteiger partial charge is 0.453 e. The maximum Gasteiger partial charge on any atom is 0.453 e. The molecular formula is C21H16ClF3O5. The van der Waals surface area contributed by atoms with Crippen LogP contribution in [0.1, 0.15) is 26.5 Å². The Kier molecular flexibility index (Phi) is 5.56. The number of hydrogen-bond donors (Lipinski definition) is 0. The van der Waals surface area contributed by atoms with Crippen LogP contribution in [0.2, 0.25) is 5.02 Å². The lowest BCUT2D eigenvalue weighted by Crippen LogP contribution is -2.25. The molecule has 30 heavy (non-hydrogen) atoms. The third-order valence-corrected chi connectivity index (χ3v) is 4.26. The van der Waals surface area contributed by atoms with Gasteiger partial charge in [-0.05, 0) is 45.0 Å². The molecule has 0 amide bonds. The van der Waals surface area contributed by atoms with E-state index in [-0.39, 0.29) is 21.9 Å². The molecule has 3 aromatic rings. The lowest BCUT2D eigenvalue weighted by molar-refractivity contribution is -0.154. The number of hydrogen-bond acceptors (Lipinski definition) is 5. The topological polar surface area (TPSA) is 65.7 Å². The highest BCUT2D eigenvalue weighted by molar-refractivity contribution is 6.32. The number of alkyl halides is 3. The molecular weight excluding hydrogens is 425 g/mol. The second-order valence-electron chi connectivity index (χ2n) is 7.42. The molecule has 3 rings (SSSR count). The standard InChI is InChI=1S/C21H16ClF3O5/c1-20(2,3)19(27)28-11-8-9-12-15(10-11)30-18(21(23,24)25)17(16(12)26)29-14-7-5-4-6-13(14)22/h4-10H,1-3H3. The monoisotopic (exact) mass is 440 g/mol. The Labute approximate surface area is 174 Å². The van der Waals surface area contributed by atoms with Crippen LogP contribution in [0.5, 0.6) is 17.2 Å². The highest BCUT2D eigenvalue weighted by Crippen LogP contribution is 2.39. The summed E-state index contributed by atoms with van der Waals surface area (Å²) in [5.41, 5.74) is -2.28. The molecule has 9 heteroatoms. The first kappa shape index (κ1) is 21.7. The smallest absolute Gasteiger partial charge is 0.448 e. The lowest BCUT2D eigenvalue weighted by Gasteiger charge is -2.17. The van der Waals surface area contributed by atoms with Gasteiger partial charge in [-0.1, -0.05) is 23.7 Å². The summed E-state index contributed by atoms with van der Waals surface area (Å²) in [5.74, 6) is -3.45. The average Bonchev–Trinajstić information content (AvgIpc) is 2.63. The van der Waals surface area contributed by atoms with Gasteiger partial charge in [-0.2, -0.15) is 13.2 Å². The van der Waals surface area contributed by atoms with E-state index in [2.05, 4.69) is 0 Å². The number of ether oxygens (including phenoxy) is 2. The van der Waals surface area contributed by atoms with E-state index in [9.17, 15) is 22.8 Å². The minimum absolute atomic E-state index is 0.0227. The van der Waals surface area contributed by atoms with Crippen molar-refractivity contribution in [3.63, 3.8) is 0 Å². The van der Waals surface area contributed by atoms with Crippen molar-refractivity contribution in [2.45, 2.75) is 26.9 Å². The summed E-state index contributed by atoms with van der Waals surface area (Å²) in [6.45, 7) is 4.86. The SMILES string of the molecule is CC(C)(C)C(=O)Oc1ccc2c(=O)c(Oc3ccccc3Cl)c(C(F)(F)F)oc2c1. The van der Waals surface area contributed by atoms with Crippen LogP contribution in [0, 0.1) is 5.41 Å². The minimum atomic E-state index is -5.03. The minimum Gasteiger partial charge on any atom is -0.448 e. The number of benzene rings is 2. The van der Waals surface area contributed by atoms with Gasteiger partial charge in [-0.3, -0.25) is 9.59 Å². The third kappa shape index (κ3) is 4.43. The van der Waals surface area contributed by atoms with Crippen molar-refractivity contribution in [3.05, 3.63) is 63.5 Å². The Bertz CT molecular complexity index is 1180. The van der Waals surface area contributed by atoms with E-state index in [0.29, 0.717) is 0 Å². The zero-order chi connectivity index (χ0) is 22.3. The number of rotatable bonds is 3. The quantitative estimate of drug-likeness (QED) is 0.358. The molecule has 0 atom stereocenters. The number of halogens is 4. The molecule has 0 radical (unpaired) electrons. The molecule has 0 aliphatic rings. The predicted octanol–water partition coefficient (Wildman–Crippen LogP) is 6.21. The summed E-state index contributed by atoms with van der Waals surface area (Å²) in [6.07, 6.45) is -5.03. The zero-order valence-corrected chi connectivity index (χ0v) is 16.9. The van der Waals surface area contributed by atoms with Gasteiger partial charge >= 0.3 is 12.1 Å². The van der Waals surface area contributed by atoms with Crippen LogP contribution in [0.4, 0.5) is 13.2 Å². The van der Waals surface area contributed by atoms with Gasteiger partial charge in [-0.25, -0.2) is 0 Å². The fourth-order valence-electron chi connectivity index (χ4n) is 2.40. The van der Waals surface area contributed by atoms with Crippen molar-refractivity contribution in [2.24, 2.45) is 5.41 Å². The van der Waals surface area contributed by atoms with Gasteiger partial charge in [0, 0.05) is 6.07 Å². The van der Waals surface area contributed by atoms with Gasteiger partial charge in [-0.15, -0.1) is 0 Å². The first-order chi connectivity index (χ1) is 13.9. The number of para-hydroxylation sites is 1. The van der Waals surface area contributed by atoms with Crippen molar-refractivity contribution in [1.82, 2.24) is 0 Å². The van der Waals surface area contributed by atoms with Crippen LogP contribution in [0.25, 0.3) is 11.0 Å². The van der Waals surface area contributed by atoms with E-state index in [0.717, 1.165) is 6.07 Å². The molecule has 0 saturated carbocycles. The molecule has 0 N–H and O–H groups in total. The molecule has 0 fully saturated rings. The van der Waals surface area contributed by atoms with Crippen LogP contribution in [0.15, 0.2) is 51.7 Å². The van der Waals surface area contributed by atoms with Crippen LogP contribution < -0.4 is 14.9 Å². The van der Waals surface area contributed by atoms with Gasteiger partial charge in [0.25, 0.3) is 5.76 Å². The molecule has 158 valence electrons. The molecule has 0 saturated heterocycles. The second kappa shape index (κ2) is 7.68. The number of fused-ring (bicyclic) bond motifs is 1. The fraction of sp³-hybridized carbons (Fsp3) is 0.238. The molecule has 0 aliphatic heterocycles. The van der Waals surface area contributed by atoms with Gasteiger partial charge in [0.15, 0.2) is 0 Å². The van der Waals surface area contributed by atoms with Crippen LogP contribution in [-0.2, 0) is 11.0 Å². The first-order valence-electron chi connectivity index (χ1n) is 8.70. The summed E-state index contributed by atoms with van der Waals surface area (Å²) in [7, 11) is 0. The molecule has 2 aromatic carbocycles. The summed E-state index contributed by atoms with van der Waals surface area (Å²) < 4.78 is 56.1. The van der Waals surface area contributed by atoms with Crippen molar-refractivity contribution in [2.75, 3.05) is 0 Å². The summed E-state index contributed by atoms with van der Waals surface area (Å²) in [5, 5.41) is -0.157. The van der Waals surface area contributed by atoms with Crippen molar-refractivity contribution in [3.8, 4) is 17.2 Å². The highest BCUT2D eigenvalue weighted by atomic mass is 35.5. The van der Waals surface area contributed by atoms with Crippen molar-refractivity contribution in [1.29, 1.82) is 0 Å². The molecule has 0 bridgehead atoms. The molecule has 0 unspecified atom stereocenters. The first-order valence-corrected chi connectivity index (χ1v) is 9.08. The Balaban J connectivity index is 2.15. The van der Waals surface area contributed by atoms with E-state index in [1.165, 1.54) is 30.3 Å². The summed E-state index contributed by atoms with van der Waals surface area (Å²) in [4.78, 5) is 24.8. The maximum absolute atomic E-state index is 13.6. The van der Waals surface area contributed by atoms with E-state index in [1.807, 2.05) is 0 Å². The highest BCUT2D eigenvalue weighted by Gasteiger charge is 2.40. The van der Waals surface area contributed by atoms with Gasteiger partial charge < -0.3 is 13.9 Å². The lowest BCUT2D eigenvalue weighted by atomic mass is 9.97. The van der Waals surface area contributed by atoms with Crippen LogP contribution >= 0.6 is 11.6 Å².